The molecular formula is C7H8O4Rh. The van der Waals surface area contributed by atoms with E-state index >= 15 is 0 Å². The van der Waals surface area contributed by atoms with Crippen molar-refractivity contribution in [2.24, 2.45) is 0 Å². The second-order valence-corrected chi connectivity index (χ2v) is 1.33. The van der Waals surface area contributed by atoms with Crippen LogP contribution < -0.4 is 0 Å². The molecule has 5 heteroatoms. The van der Waals surface area contributed by atoms with Crippen molar-refractivity contribution in [1.82, 2.24) is 0 Å². The van der Waals surface area contributed by atoms with E-state index in [1.807, 2.05) is 0 Å². The maximum atomic E-state index is 10.2. The molecule has 0 aromatic heterocycles. The molecule has 0 spiro atoms. The van der Waals surface area contributed by atoms with Gasteiger partial charge in [0.2, 0.25) is 0 Å². The maximum absolute atomic E-state index is 10.2. The molecule has 0 saturated carbocycles. The van der Waals surface area contributed by atoms with Crippen molar-refractivity contribution in [2.45, 2.75) is 20.3 Å². The quantitative estimate of drug-likeness (QED) is 0.507. The minimum Gasteiger partial charge on any atom is -0.291 e. The molecule has 0 saturated heterocycles. The van der Waals surface area contributed by atoms with Crippen molar-refractivity contribution in [3.8, 4) is 0 Å². The van der Waals surface area contributed by atoms with Crippen molar-refractivity contribution in [3.63, 3.8) is 0 Å². The van der Waals surface area contributed by atoms with E-state index in [0.717, 1.165) is 0 Å². The Kier molecular flexibility index (Phi) is 42.1. The summed E-state index contributed by atoms with van der Waals surface area (Å²) in [6, 6.07) is 0. The summed E-state index contributed by atoms with van der Waals surface area (Å²) in [5.41, 5.74) is 0. The van der Waals surface area contributed by atoms with E-state index in [-0.39, 0.29) is 31.0 Å². The molecule has 0 N–H and O–H groups in total. The van der Waals surface area contributed by atoms with Gasteiger partial charge < -0.3 is 0 Å². The van der Waals surface area contributed by atoms with Gasteiger partial charge in [-0.1, -0.05) is 6.92 Å². The van der Waals surface area contributed by atoms with Gasteiger partial charge in [0.25, 0.3) is 13.6 Å². The summed E-state index contributed by atoms with van der Waals surface area (Å²) in [4.78, 5) is 35.2. The fourth-order valence-corrected chi connectivity index (χ4v) is 0.249. The van der Waals surface area contributed by atoms with Crippen LogP contribution in [0.4, 0.5) is 0 Å². The van der Waals surface area contributed by atoms with Crippen LogP contribution in [0.25, 0.3) is 0 Å². The molecule has 0 rings (SSSR count). The number of Topliss-reactive ketones (excluding diaryl/α,β-unsaturated/α-hetero) is 2. The number of hydrogen-bond donors (Lipinski definition) is 0. The largest absolute Gasteiger partial charge is 0.291 e. The average molecular weight is 259 g/mol. The number of carbonyl (C=O) groups excluding carboxylic acids is 4. The zero-order valence-corrected chi connectivity index (χ0v) is 8.31. The fraction of sp³-hybridized carbons (Fsp3) is 0.429. The van der Waals surface area contributed by atoms with Crippen molar-refractivity contribution in [3.05, 3.63) is 0 Å². The monoisotopic (exact) mass is 259 g/mol. The van der Waals surface area contributed by atoms with Crippen LogP contribution in [0, 0.1) is 0 Å². The molecule has 69 valence electrons. The topological polar surface area (TPSA) is 68.3 Å². The van der Waals surface area contributed by atoms with Gasteiger partial charge in [-0.25, -0.2) is 0 Å². The van der Waals surface area contributed by atoms with Gasteiger partial charge in [-0.3, -0.25) is 19.2 Å². The molecule has 0 amide bonds. The standard InChI is InChI=1S/C5H8O2.2CO.Rh/c1-3-5(7)4(2)6;2*1-2;/h3H2,1-2H3;;;. The van der Waals surface area contributed by atoms with Crippen LogP contribution in [0.3, 0.4) is 0 Å². The molecule has 0 unspecified atom stereocenters. The predicted octanol–water partition coefficient (Wildman–Crippen LogP) is -0.242. The van der Waals surface area contributed by atoms with Gasteiger partial charge in [-0.05, 0) is 0 Å². The summed E-state index contributed by atoms with van der Waals surface area (Å²) in [6.07, 6.45) is 0.329. The second-order valence-electron chi connectivity index (χ2n) is 1.33. The summed E-state index contributed by atoms with van der Waals surface area (Å²) in [6.45, 7) is 12.0. The van der Waals surface area contributed by atoms with E-state index in [1.54, 1.807) is 6.92 Å². The van der Waals surface area contributed by atoms with Crippen LogP contribution in [0.5, 0.6) is 0 Å². The number of carbonyl (C=O) groups is 2. The van der Waals surface area contributed by atoms with Crippen molar-refractivity contribution in [2.75, 3.05) is 0 Å². The van der Waals surface area contributed by atoms with Crippen molar-refractivity contribution < 1.29 is 38.7 Å². The molecule has 4 nitrogen and oxygen atoms in total. The molecule has 0 fully saturated rings. The SMILES string of the molecule is CCC(=O)C(C)=O.[C]=O.[C]=O.[Rh]. The van der Waals surface area contributed by atoms with E-state index in [2.05, 4.69) is 13.6 Å². The first-order valence-corrected chi connectivity index (χ1v) is 2.63. The van der Waals surface area contributed by atoms with Crippen LogP contribution in [0.2, 0.25) is 0 Å². The Morgan fingerprint density at radius 2 is 1.33 bits per heavy atom. The molecule has 0 heterocycles. The van der Waals surface area contributed by atoms with Crippen LogP contribution in [-0.4, -0.2) is 25.1 Å². The fourth-order valence-electron chi connectivity index (χ4n) is 0.249. The third-order valence-corrected chi connectivity index (χ3v) is 0.714. The molecule has 0 aromatic carbocycles. The second kappa shape index (κ2) is 22.4. The molecule has 0 aliphatic heterocycles. The summed E-state index contributed by atoms with van der Waals surface area (Å²) in [5, 5.41) is 0. The third kappa shape index (κ3) is 22.8. The first-order valence-electron chi connectivity index (χ1n) is 2.63. The van der Waals surface area contributed by atoms with Crippen LogP contribution in [0.1, 0.15) is 20.3 Å². The number of ketones is 2. The van der Waals surface area contributed by atoms with Crippen LogP contribution in [-0.2, 0) is 38.7 Å². The van der Waals surface area contributed by atoms with E-state index in [9.17, 15) is 9.59 Å². The Hall–Kier alpha value is -0.697. The van der Waals surface area contributed by atoms with Crippen LogP contribution in [0.15, 0.2) is 0 Å². The Morgan fingerprint density at radius 3 is 1.33 bits per heavy atom. The summed E-state index contributed by atoms with van der Waals surface area (Å²) >= 11 is 0. The van der Waals surface area contributed by atoms with Crippen molar-refractivity contribution in [1.29, 1.82) is 0 Å². The first-order chi connectivity index (χ1) is 5.18. The summed E-state index contributed by atoms with van der Waals surface area (Å²) in [5.74, 6) is -0.637. The maximum Gasteiger partial charge on any atom is 0.281 e. The first kappa shape index (κ1) is 22.5. The van der Waals surface area contributed by atoms with E-state index in [0.29, 0.717) is 6.42 Å². The van der Waals surface area contributed by atoms with E-state index in [1.165, 1.54) is 6.92 Å². The van der Waals surface area contributed by atoms with Crippen LogP contribution >= 0.6 is 0 Å². The molecule has 5 radical (unpaired) electrons. The molecule has 0 atom stereocenters. The zero-order chi connectivity index (χ0) is 9.86. The molecular weight excluding hydrogens is 251 g/mol. The third-order valence-electron chi connectivity index (χ3n) is 0.714. The molecule has 0 aromatic rings. The Balaban J connectivity index is -0.0000000560. The van der Waals surface area contributed by atoms with Gasteiger partial charge in [0, 0.05) is 32.8 Å². The Bertz CT molecular complexity index is 123. The average Bonchev–Trinajstić information content (AvgIpc) is 2.10. The minimum atomic E-state index is -0.345. The minimum absolute atomic E-state index is 0. The van der Waals surface area contributed by atoms with Gasteiger partial charge >= 0.3 is 0 Å². The van der Waals surface area contributed by atoms with Gasteiger partial charge in [0.15, 0.2) is 11.6 Å². The molecule has 0 bridgehead atoms. The normalized spacial score (nSPS) is 5.50. The number of hydrogen-bond acceptors (Lipinski definition) is 4. The molecule has 0 aliphatic carbocycles. The van der Waals surface area contributed by atoms with Gasteiger partial charge in [0.1, 0.15) is 0 Å². The molecule has 12 heavy (non-hydrogen) atoms. The number of rotatable bonds is 2. The Morgan fingerprint density at radius 1 is 1.08 bits per heavy atom. The van der Waals surface area contributed by atoms with E-state index < -0.39 is 0 Å². The van der Waals surface area contributed by atoms with Gasteiger partial charge in [-0.15, -0.1) is 0 Å². The summed E-state index contributed by atoms with van der Waals surface area (Å²) < 4.78 is 0. The van der Waals surface area contributed by atoms with E-state index in [4.69, 9.17) is 9.59 Å². The predicted molar refractivity (Wildman–Crippen MR) is 37.4 cm³/mol. The smallest absolute Gasteiger partial charge is 0.281 e. The van der Waals surface area contributed by atoms with Gasteiger partial charge in [-0.2, -0.15) is 0 Å². The Labute approximate surface area is 84.5 Å². The van der Waals surface area contributed by atoms with Gasteiger partial charge in [0.05, 0.1) is 0 Å². The summed E-state index contributed by atoms with van der Waals surface area (Å²) in [7, 11) is 0. The van der Waals surface area contributed by atoms with Crippen molar-refractivity contribution >= 4 is 25.1 Å². The molecule has 0 aliphatic rings. The zero-order valence-electron chi connectivity index (χ0n) is 6.67.